The fourth-order valence-electron chi connectivity index (χ4n) is 8.29. The molecule has 1 heteroatoms. The van der Waals surface area contributed by atoms with Crippen LogP contribution < -0.4 is 4.74 Å². The number of benzene rings is 8. The zero-order chi connectivity index (χ0) is 30.6. The first-order valence-corrected chi connectivity index (χ1v) is 16.1. The highest BCUT2D eigenvalue weighted by Crippen LogP contribution is 2.54. The van der Waals surface area contributed by atoms with Gasteiger partial charge in [0.2, 0.25) is 0 Å². The summed E-state index contributed by atoms with van der Waals surface area (Å²) in [7, 11) is 0. The molecule has 0 amide bonds. The predicted molar refractivity (Wildman–Crippen MR) is 193 cm³/mol. The molecule has 0 bridgehead atoms. The fraction of sp³-hybridized carbons (Fsp3) is 0.0667. The first-order valence-electron chi connectivity index (χ1n) is 16.1. The van der Waals surface area contributed by atoms with Gasteiger partial charge in [-0.2, -0.15) is 0 Å². The average molecular weight is 587 g/mol. The van der Waals surface area contributed by atoms with E-state index in [4.69, 9.17) is 4.74 Å². The van der Waals surface area contributed by atoms with E-state index in [0.29, 0.717) is 0 Å². The second-order valence-electron chi connectivity index (χ2n) is 13.2. The molecule has 0 unspecified atom stereocenters. The van der Waals surface area contributed by atoms with Gasteiger partial charge in [0.1, 0.15) is 11.5 Å². The molecule has 0 atom stereocenters. The molecule has 0 N–H and O–H groups in total. The van der Waals surface area contributed by atoms with Crippen molar-refractivity contribution in [1.82, 2.24) is 0 Å². The maximum absolute atomic E-state index is 6.40. The monoisotopic (exact) mass is 586 g/mol. The van der Waals surface area contributed by atoms with Crippen molar-refractivity contribution in [3.8, 4) is 56.0 Å². The van der Waals surface area contributed by atoms with E-state index < -0.39 is 0 Å². The van der Waals surface area contributed by atoms with Gasteiger partial charge in [-0.3, -0.25) is 0 Å². The van der Waals surface area contributed by atoms with Crippen LogP contribution in [0, 0.1) is 0 Å². The third-order valence-electron chi connectivity index (χ3n) is 10.5. The van der Waals surface area contributed by atoms with Gasteiger partial charge in [0.05, 0.1) is 0 Å². The maximum Gasteiger partial charge on any atom is 0.135 e. The summed E-state index contributed by atoms with van der Waals surface area (Å²) in [4.78, 5) is 0. The van der Waals surface area contributed by atoms with E-state index in [9.17, 15) is 0 Å². The third kappa shape index (κ3) is 3.40. The van der Waals surface area contributed by atoms with Crippen LogP contribution in [0.15, 0.2) is 146 Å². The lowest BCUT2D eigenvalue weighted by Gasteiger charge is -2.24. The summed E-state index contributed by atoms with van der Waals surface area (Å²) in [5, 5.41) is 7.59. The van der Waals surface area contributed by atoms with Crippen molar-refractivity contribution < 1.29 is 4.74 Å². The van der Waals surface area contributed by atoms with Gasteiger partial charge in [-0.1, -0.05) is 141 Å². The molecule has 10 rings (SSSR count). The van der Waals surface area contributed by atoms with Crippen LogP contribution in [0.3, 0.4) is 0 Å². The minimum atomic E-state index is -0.126. The van der Waals surface area contributed by atoms with E-state index in [1.807, 2.05) is 6.07 Å². The lowest BCUT2D eigenvalue weighted by molar-refractivity contribution is 0.487. The van der Waals surface area contributed by atoms with Crippen molar-refractivity contribution >= 4 is 32.3 Å². The molecule has 216 valence electrons. The number of fused-ring (bicyclic) bond motifs is 8. The Hall–Kier alpha value is -5.66. The Kier molecular flexibility index (Phi) is 5.12. The molecule has 2 aliphatic rings. The Balaban J connectivity index is 1.17. The van der Waals surface area contributed by atoms with Gasteiger partial charge in [-0.05, 0) is 95.2 Å². The number of hydrogen-bond donors (Lipinski definition) is 0. The highest BCUT2D eigenvalue weighted by molar-refractivity contribution is 6.13. The Morgan fingerprint density at radius 2 is 1.09 bits per heavy atom. The Labute approximate surface area is 268 Å². The lowest BCUT2D eigenvalue weighted by Crippen LogP contribution is -2.15. The van der Waals surface area contributed by atoms with Crippen LogP contribution in [0.5, 0.6) is 11.5 Å². The molecule has 8 aromatic carbocycles. The average Bonchev–Trinajstić information content (AvgIpc) is 3.34. The standard InChI is InChI=1S/C45H30O/c1-45(2)39-24-22-33-32(31-14-7-11-27-10-3-4-12-29(27)31)15-8-17-36(33)43(39)38-21-20-28(26-40(38)45)30-23-25-42-44-35(30)16-9-18-37(44)34-13-5-6-19-41(34)46-42/h3-26H,1-2H3. The first kappa shape index (κ1) is 25.6. The van der Waals surface area contributed by atoms with Crippen LogP contribution in [0.4, 0.5) is 0 Å². The van der Waals surface area contributed by atoms with Crippen LogP contribution in [-0.2, 0) is 5.41 Å². The van der Waals surface area contributed by atoms with E-state index in [-0.39, 0.29) is 5.41 Å². The van der Waals surface area contributed by atoms with Gasteiger partial charge in [0.15, 0.2) is 0 Å². The van der Waals surface area contributed by atoms with Crippen molar-refractivity contribution in [2.45, 2.75) is 19.3 Å². The van der Waals surface area contributed by atoms with Crippen molar-refractivity contribution in [1.29, 1.82) is 0 Å². The molecule has 0 radical (unpaired) electrons. The molecular weight excluding hydrogens is 556 g/mol. The number of rotatable bonds is 2. The number of ether oxygens (including phenoxy) is 1. The Bertz CT molecular complexity index is 2580. The smallest absolute Gasteiger partial charge is 0.135 e. The molecular formula is C45H30O. The van der Waals surface area contributed by atoms with Crippen LogP contribution in [-0.4, -0.2) is 0 Å². The summed E-state index contributed by atoms with van der Waals surface area (Å²) in [6.45, 7) is 4.76. The van der Waals surface area contributed by atoms with Gasteiger partial charge in [0, 0.05) is 16.4 Å². The van der Waals surface area contributed by atoms with Crippen molar-refractivity contribution in [3.63, 3.8) is 0 Å². The molecule has 0 saturated carbocycles. The van der Waals surface area contributed by atoms with Crippen LogP contribution in [0.2, 0.25) is 0 Å². The third-order valence-corrected chi connectivity index (χ3v) is 10.5. The van der Waals surface area contributed by atoms with E-state index >= 15 is 0 Å². The molecule has 0 saturated heterocycles. The summed E-state index contributed by atoms with van der Waals surface area (Å²) in [6.07, 6.45) is 0. The zero-order valence-corrected chi connectivity index (χ0v) is 25.8. The minimum Gasteiger partial charge on any atom is -0.456 e. The lowest BCUT2D eigenvalue weighted by atomic mass is 9.80. The molecule has 1 nitrogen and oxygen atoms in total. The van der Waals surface area contributed by atoms with Gasteiger partial charge >= 0.3 is 0 Å². The molecule has 8 aromatic rings. The van der Waals surface area contributed by atoms with Crippen molar-refractivity contribution in [3.05, 3.63) is 157 Å². The maximum atomic E-state index is 6.40. The highest BCUT2D eigenvalue weighted by Gasteiger charge is 2.37. The second kappa shape index (κ2) is 9.19. The van der Waals surface area contributed by atoms with Gasteiger partial charge in [0.25, 0.3) is 0 Å². The zero-order valence-electron chi connectivity index (χ0n) is 25.8. The molecule has 1 aliphatic carbocycles. The van der Waals surface area contributed by atoms with Crippen LogP contribution in [0.1, 0.15) is 25.0 Å². The van der Waals surface area contributed by atoms with E-state index in [0.717, 1.165) is 17.1 Å². The van der Waals surface area contributed by atoms with E-state index in [1.54, 1.807) is 0 Å². The summed E-state index contributed by atoms with van der Waals surface area (Å²) < 4.78 is 6.40. The number of para-hydroxylation sites is 1. The van der Waals surface area contributed by atoms with Gasteiger partial charge < -0.3 is 4.74 Å². The minimum absolute atomic E-state index is 0.126. The molecule has 0 aromatic heterocycles. The van der Waals surface area contributed by atoms with Crippen LogP contribution >= 0.6 is 0 Å². The first-order chi connectivity index (χ1) is 22.6. The highest BCUT2D eigenvalue weighted by atomic mass is 16.5. The number of hydrogen-bond acceptors (Lipinski definition) is 1. The Morgan fingerprint density at radius 1 is 0.413 bits per heavy atom. The van der Waals surface area contributed by atoms with E-state index in [2.05, 4.69) is 153 Å². The SMILES string of the molecule is CC1(C)c2cc(-c3ccc4c5c(cccc35)-c3ccccc3O4)ccc2-c2c1ccc1c(-c3cccc4ccccc34)cccc21. The summed E-state index contributed by atoms with van der Waals surface area (Å²) in [5.74, 6) is 1.85. The van der Waals surface area contributed by atoms with Crippen molar-refractivity contribution in [2.75, 3.05) is 0 Å². The van der Waals surface area contributed by atoms with Gasteiger partial charge in [-0.15, -0.1) is 0 Å². The second-order valence-corrected chi connectivity index (χ2v) is 13.2. The Morgan fingerprint density at radius 3 is 2.00 bits per heavy atom. The van der Waals surface area contributed by atoms with E-state index in [1.165, 1.54) is 82.4 Å². The van der Waals surface area contributed by atoms with Crippen LogP contribution in [0.25, 0.3) is 76.8 Å². The molecule has 0 fully saturated rings. The quantitative estimate of drug-likeness (QED) is 0.196. The topological polar surface area (TPSA) is 9.23 Å². The van der Waals surface area contributed by atoms with Gasteiger partial charge in [-0.25, -0.2) is 0 Å². The summed E-state index contributed by atoms with van der Waals surface area (Å²) in [6, 6.07) is 53.4. The molecule has 46 heavy (non-hydrogen) atoms. The molecule has 1 heterocycles. The molecule has 1 aliphatic heterocycles. The fourth-order valence-corrected chi connectivity index (χ4v) is 8.29. The normalized spacial score (nSPS) is 13.8. The summed E-state index contributed by atoms with van der Waals surface area (Å²) >= 11 is 0. The molecule has 0 spiro atoms. The predicted octanol–water partition coefficient (Wildman–Crippen LogP) is 12.6. The summed E-state index contributed by atoms with van der Waals surface area (Å²) in [5.41, 5.74) is 12.8. The largest absolute Gasteiger partial charge is 0.456 e. The van der Waals surface area contributed by atoms with Crippen molar-refractivity contribution in [2.24, 2.45) is 0 Å².